The van der Waals surface area contributed by atoms with Gasteiger partial charge in [0.2, 0.25) is 5.16 Å². The fourth-order valence-electron chi connectivity index (χ4n) is 4.56. The first kappa shape index (κ1) is 26.9. The van der Waals surface area contributed by atoms with Crippen molar-refractivity contribution in [3.63, 3.8) is 0 Å². The van der Waals surface area contributed by atoms with Crippen molar-refractivity contribution in [2.45, 2.75) is 103 Å². The quantitative estimate of drug-likeness (QED) is 0.293. The van der Waals surface area contributed by atoms with Gasteiger partial charge in [-0.1, -0.05) is 65.1 Å². The lowest BCUT2D eigenvalue weighted by Crippen LogP contribution is -2.50. The Bertz CT molecular complexity index is 770. The second-order valence-electron chi connectivity index (χ2n) is 9.16. The summed E-state index contributed by atoms with van der Waals surface area (Å²) in [6.45, 7) is 15.0. The molecule has 0 aromatic carbocycles. The highest BCUT2D eigenvalue weighted by Crippen LogP contribution is 2.27. The molecule has 0 N–H and O–H groups in total. The van der Waals surface area contributed by atoms with Gasteiger partial charge in [-0.3, -0.25) is 0 Å². The first-order valence-electron chi connectivity index (χ1n) is 12.9. The van der Waals surface area contributed by atoms with Gasteiger partial charge in [0.1, 0.15) is 0 Å². The van der Waals surface area contributed by atoms with Crippen LogP contribution in [-0.4, -0.2) is 56.5 Å². The lowest BCUT2D eigenvalue weighted by Gasteiger charge is -2.39. The Kier molecular flexibility index (Phi) is 11.8. The van der Waals surface area contributed by atoms with Crippen molar-refractivity contribution in [3.05, 3.63) is 11.3 Å². The standard InChI is InChI=1S/C16H36N.C9H10N4OS/c1-5-9-13-17(14-10-6-2,15-11-7-3)16-12-8-4;1-15-9-11-8-10-6-4-2-3-5(6)7(14)13(8)12-9/h5-16H2,1-4H3;14H,2-4H2,1H3/q+1;/p-1. The Hall–Kier alpha value is -1.34. The highest BCUT2D eigenvalue weighted by Gasteiger charge is 2.24. The average molecular weight is 464 g/mol. The van der Waals surface area contributed by atoms with Crippen molar-refractivity contribution in [1.82, 2.24) is 19.6 Å². The smallest absolute Gasteiger partial charge is 0.252 e. The van der Waals surface area contributed by atoms with Gasteiger partial charge in [0.05, 0.1) is 26.2 Å². The minimum absolute atomic E-state index is 0.0414. The normalized spacial score (nSPS) is 13.3. The molecule has 0 atom stereocenters. The number of aromatic nitrogens is 4. The van der Waals surface area contributed by atoms with Crippen LogP contribution in [0.1, 0.15) is 96.7 Å². The van der Waals surface area contributed by atoms with E-state index in [1.807, 2.05) is 6.26 Å². The minimum Gasteiger partial charge on any atom is -0.858 e. The molecule has 0 aliphatic heterocycles. The fourth-order valence-corrected chi connectivity index (χ4v) is 4.89. The summed E-state index contributed by atoms with van der Waals surface area (Å²) < 4.78 is 2.74. The maximum absolute atomic E-state index is 12.0. The molecular weight excluding hydrogens is 418 g/mol. The number of rotatable bonds is 13. The molecule has 0 unspecified atom stereocenters. The summed E-state index contributed by atoms with van der Waals surface area (Å²) in [6.07, 6.45) is 15.7. The van der Waals surface area contributed by atoms with E-state index in [0.29, 0.717) is 10.9 Å². The van der Waals surface area contributed by atoms with Gasteiger partial charge in [0.15, 0.2) is 0 Å². The van der Waals surface area contributed by atoms with Crippen LogP contribution < -0.4 is 5.11 Å². The second kappa shape index (κ2) is 14.0. The molecule has 6 nitrogen and oxygen atoms in total. The first-order valence-corrected chi connectivity index (χ1v) is 14.1. The Morgan fingerprint density at radius 1 is 0.844 bits per heavy atom. The van der Waals surface area contributed by atoms with E-state index in [1.54, 1.807) is 0 Å². The van der Waals surface area contributed by atoms with Crippen LogP contribution in [0.4, 0.5) is 0 Å². The third kappa shape index (κ3) is 7.34. The molecule has 0 fully saturated rings. The molecule has 182 valence electrons. The average Bonchev–Trinajstić information content (AvgIpc) is 3.46. The molecular formula is C25H45N5OS. The predicted molar refractivity (Wildman–Crippen MR) is 133 cm³/mol. The largest absolute Gasteiger partial charge is 0.858 e. The zero-order valence-corrected chi connectivity index (χ0v) is 22.0. The monoisotopic (exact) mass is 463 g/mol. The summed E-state index contributed by atoms with van der Waals surface area (Å²) in [4.78, 5) is 8.53. The van der Waals surface area contributed by atoms with Crippen LogP contribution in [0.5, 0.6) is 5.88 Å². The maximum Gasteiger partial charge on any atom is 0.252 e. The van der Waals surface area contributed by atoms with Crippen molar-refractivity contribution in [2.24, 2.45) is 0 Å². The molecule has 1 aliphatic rings. The van der Waals surface area contributed by atoms with Gasteiger partial charge in [0, 0.05) is 5.69 Å². The van der Waals surface area contributed by atoms with Crippen molar-refractivity contribution < 1.29 is 9.59 Å². The van der Waals surface area contributed by atoms with Gasteiger partial charge in [0.25, 0.3) is 5.78 Å². The Balaban J connectivity index is 0.000000227. The van der Waals surface area contributed by atoms with Crippen LogP contribution in [0.2, 0.25) is 0 Å². The van der Waals surface area contributed by atoms with Gasteiger partial charge >= 0.3 is 0 Å². The van der Waals surface area contributed by atoms with Crippen LogP contribution in [0.15, 0.2) is 5.16 Å². The molecule has 0 bridgehead atoms. The van der Waals surface area contributed by atoms with E-state index in [-0.39, 0.29) is 5.88 Å². The third-order valence-corrected chi connectivity index (χ3v) is 7.11. The molecule has 2 aromatic heterocycles. The van der Waals surface area contributed by atoms with Crippen LogP contribution in [0.25, 0.3) is 5.78 Å². The molecule has 3 rings (SSSR count). The number of quaternary nitrogens is 1. The summed E-state index contributed by atoms with van der Waals surface area (Å²) >= 11 is 1.42. The Morgan fingerprint density at radius 2 is 1.38 bits per heavy atom. The van der Waals surface area contributed by atoms with Crippen molar-refractivity contribution in [2.75, 3.05) is 32.4 Å². The van der Waals surface area contributed by atoms with Gasteiger partial charge in [-0.25, -0.2) is 9.50 Å². The maximum atomic E-state index is 12.0. The zero-order chi connectivity index (χ0) is 23.4. The topological polar surface area (TPSA) is 66.1 Å². The van der Waals surface area contributed by atoms with Crippen molar-refractivity contribution in [3.8, 4) is 5.88 Å². The summed E-state index contributed by atoms with van der Waals surface area (Å²) in [5.74, 6) is 0.394. The number of nitrogens with zero attached hydrogens (tertiary/aromatic N) is 5. The molecule has 7 heteroatoms. The minimum atomic E-state index is -0.0414. The predicted octanol–water partition coefficient (Wildman–Crippen LogP) is 5.41. The third-order valence-electron chi connectivity index (χ3n) is 6.57. The molecule has 0 radical (unpaired) electrons. The number of hydrogen-bond donors (Lipinski definition) is 0. The van der Waals surface area contributed by atoms with Gasteiger partial charge in [-0.15, -0.1) is 5.10 Å². The number of hydrogen-bond acceptors (Lipinski definition) is 5. The summed E-state index contributed by atoms with van der Waals surface area (Å²) in [5, 5.41) is 16.7. The van der Waals surface area contributed by atoms with E-state index in [2.05, 4.69) is 42.8 Å². The lowest BCUT2D eigenvalue weighted by molar-refractivity contribution is -0.929. The Morgan fingerprint density at radius 3 is 1.84 bits per heavy atom. The fraction of sp³-hybridized carbons (Fsp3) is 0.800. The molecule has 0 saturated carbocycles. The van der Waals surface area contributed by atoms with Gasteiger partial charge in [-0.05, 0) is 62.6 Å². The molecule has 2 aromatic rings. The van der Waals surface area contributed by atoms with Crippen molar-refractivity contribution >= 4 is 17.5 Å². The zero-order valence-electron chi connectivity index (χ0n) is 21.2. The SMILES string of the molecule is CCCC[N+](CCCC)(CCCC)CCCC.CSc1nc2nc3c(c([O-])n2n1)CCC3. The highest BCUT2D eigenvalue weighted by atomic mass is 32.2. The lowest BCUT2D eigenvalue weighted by atomic mass is 10.1. The number of unbranched alkanes of at least 4 members (excludes halogenated alkanes) is 4. The van der Waals surface area contributed by atoms with Crippen LogP contribution in [-0.2, 0) is 12.8 Å². The Labute approximate surface area is 199 Å². The van der Waals surface area contributed by atoms with Crippen LogP contribution in [0.3, 0.4) is 0 Å². The van der Waals surface area contributed by atoms with E-state index in [4.69, 9.17) is 0 Å². The molecule has 1 aliphatic carbocycles. The number of thioether (sulfide) groups is 1. The summed E-state index contributed by atoms with van der Waals surface area (Å²) in [6, 6.07) is 0. The van der Waals surface area contributed by atoms with E-state index in [1.165, 1.54) is 98.3 Å². The van der Waals surface area contributed by atoms with Crippen LogP contribution in [0, 0.1) is 0 Å². The van der Waals surface area contributed by atoms with Crippen LogP contribution >= 0.6 is 11.8 Å². The molecule has 0 saturated heterocycles. The molecule has 0 amide bonds. The highest BCUT2D eigenvalue weighted by molar-refractivity contribution is 7.98. The molecule has 0 spiro atoms. The summed E-state index contributed by atoms with van der Waals surface area (Å²) in [5.41, 5.74) is 1.73. The first-order chi connectivity index (χ1) is 15.5. The molecule has 32 heavy (non-hydrogen) atoms. The second-order valence-corrected chi connectivity index (χ2v) is 9.93. The van der Waals surface area contributed by atoms with E-state index in [0.717, 1.165) is 30.5 Å². The van der Waals surface area contributed by atoms with E-state index >= 15 is 0 Å². The van der Waals surface area contributed by atoms with E-state index < -0.39 is 0 Å². The van der Waals surface area contributed by atoms with Crippen molar-refractivity contribution in [1.29, 1.82) is 0 Å². The number of fused-ring (bicyclic) bond motifs is 2. The molecule has 2 heterocycles. The van der Waals surface area contributed by atoms with Gasteiger partial charge < -0.3 is 9.59 Å². The van der Waals surface area contributed by atoms with Gasteiger partial charge in [-0.2, -0.15) is 4.98 Å². The number of aryl methyl sites for hydroxylation is 1. The summed E-state index contributed by atoms with van der Waals surface area (Å²) in [7, 11) is 0. The van der Waals surface area contributed by atoms with E-state index in [9.17, 15) is 5.11 Å².